The van der Waals surface area contributed by atoms with Gasteiger partial charge in [0.2, 0.25) is 6.10 Å². The summed E-state index contributed by atoms with van der Waals surface area (Å²) in [7, 11) is 0. The van der Waals surface area contributed by atoms with Crippen molar-refractivity contribution in [2.75, 3.05) is 23.3 Å². The molecule has 0 radical (unpaired) electrons. The molecule has 1 fully saturated rings. The second kappa shape index (κ2) is 10.3. The Kier molecular flexibility index (Phi) is 6.98. The molecular weight excluding hydrogens is 462 g/mol. The van der Waals surface area contributed by atoms with Crippen LogP contribution < -0.4 is 10.2 Å². The molecule has 1 aliphatic heterocycles. The highest BCUT2D eigenvalue weighted by Crippen LogP contribution is 2.29. The van der Waals surface area contributed by atoms with E-state index in [9.17, 15) is 19.7 Å². The van der Waals surface area contributed by atoms with Gasteiger partial charge in [-0.05, 0) is 31.0 Å². The van der Waals surface area contributed by atoms with E-state index >= 15 is 0 Å². The third-order valence-corrected chi connectivity index (χ3v) is 5.59. The highest BCUT2D eigenvalue weighted by molar-refractivity contribution is 6.34. The molecule has 0 aliphatic carbocycles. The number of hydrogen-bond acceptors (Lipinski definition) is 8. The highest BCUT2D eigenvalue weighted by Gasteiger charge is 2.27. The number of non-ortho nitro benzene ring substituents is 1. The van der Waals surface area contributed by atoms with Crippen molar-refractivity contribution >= 4 is 40.7 Å². The Labute approximate surface area is 199 Å². The average Bonchev–Trinajstić information content (AvgIpc) is 3.39. The first-order valence-corrected chi connectivity index (χ1v) is 10.9. The molecule has 10 nitrogen and oxygen atoms in total. The minimum atomic E-state index is -1.32. The number of nitrogens with one attached hydrogen (secondary N) is 1. The molecule has 3 aromatic rings. The van der Waals surface area contributed by atoms with Gasteiger partial charge >= 0.3 is 5.97 Å². The molecule has 34 heavy (non-hydrogen) atoms. The van der Waals surface area contributed by atoms with Crippen LogP contribution in [0, 0.1) is 10.1 Å². The molecule has 0 spiro atoms. The first-order chi connectivity index (χ1) is 16.4. The van der Waals surface area contributed by atoms with Crippen molar-refractivity contribution in [3.8, 4) is 0 Å². The molecule has 11 heteroatoms. The zero-order chi connectivity index (χ0) is 24.1. The first-order valence-electron chi connectivity index (χ1n) is 10.5. The Balaban J connectivity index is 1.53. The molecule has 0 saturated carbocycles. The van der Waals surface area contributed by atoms with Gasteiger partial charge in [-0.3, -0.25) is 14.9 Å². The van der Waals surface area contributed by atoms with Crippen molar-refractivity contribution < 1.29 is 19.2 Å². The number of carbonyl (C=O) groups is 2. The molecular formula is C23H20ClN5O5. The van der Waals surface area contributed by atoms with Crippen LogP contribution in [0.1, 0.15) is 35.0 Å². The maximum Gasteiger partial charge on any atom is 0.359 e. The normalized spacial score (nSPS) is 13.9. The summed E-state index contributed by atoms with van der Waals surface area (Å²) in [5.74, 6) is -0.824. The maximum atomic E-state index is 13.1. The van der Waals surface area contributed by atoms with Gasteiger partial charge in [-0.15, -0.1) is 10.2 Å². The van der Waals surface area contributed by atoms with Crippen molar-refractivity contribution in [1.29, 1.82) is 0 Å². The lowest BCUT2D eigenvalue weighted by Crippen LogP contribution is -2.26. The number of carbonyl (C=O) groups excluding carboxylic acids is 2. The fourth-order valence-electron chi connectivity index (χ4n) is 3.53. The van der Waals surface area contributed by atoms with Crippen LogP contribution in [0.25, 0.3) is 0 Å². The molecule has 174 valence electrons. The van der Waals surface area contributed by atoms with Gasteiger partial charge in [0.15, 0.2) is 11.5 Å². The zero-order valence-electron chi connectivity index (χ0n) is 17.9. The summed E-state index contributed by atoms with van der Waals surface area (Å²) in [6, 6.07) is 15.3. The fraction of sp³-hybridized carbons (Fsp3) is 0.217. The molecule has 1 amide bonds. The number of nitro groups is 1. The van der Waals surface area contributed by atoms with Crippen molar-refractivity contribution in [3.63, 3.8) is 0 Å². The van der Waals surface area contributed by atoms with Crippen LogP contribution in [0.5, 0.6) is 0 Å². The molecule has 2 aromatic carbocycles. The van der Waals surface area contributed by atoms with E-state index in [-0.39, 0.29) is 22.1 Å². The van der Waals surface area contributed by atoms with E-state index in [1.165, 1.54) is 18.2 Å². The van der Waals surface area contributed by atoms with Crippen LogP contribution >= 0.6 is 11.6 Å². The van der Waals surface area contributed by atoms with Gasteiger partial charge in [0.1, 0.15) is 0 Å². The van der Waals surface area contributed by atoms with E-state index in [1.807, 2.05) is 0 Å². The Bertz CT molecular complexity index is 1200. The number of nitrogens with zero attached hydrogens (tertiary/aromatic N) is 4. The molecule has 1 atom stereocenters. The van der Waals surface area contributed by atoms with Crippen molar-refractivity contribution in [2.45, 2.75) is 18.9 Å². The summed E-state index contributed by atoms with van der Waals surface area (Å²) in [6.07, 6.45) is 0.844. The largest absolute Gasteiger partial charge is 0.442 e. The average molecular weight is 482 g/mol. The predicted molar refractivity (Wildman–Crippen MR) is 125 cm³/mol. The van der Waals surface area contributed by atoms with E-state index < -0.39 is 22.9 Å². The van der Waals surface area contributed by atoms with Crippen LogP contribution in [-0.4, -0.2) is 40.1 Å². The molecule has 1 unspecified atom stereocenters. The zero-order valence-corrected chi connectivity index (χ0v) is 18.6. The smallest absolute Gasteiger partial charge is 0.359 e. The van der Waals surface area contributed by atoms with Gasteiger partial charge in [-0.1, -0.05) is 41.9 Å². The van der Waals surface area contributed by atoms with Gasteiger partial charge in [0, 0.05) is 30.8 Å². The third-order valence-electron chi connectivity index (χ3n) is 5.28. The van der Waals surface area contributed by atoms with Gasteiger partial charge in [-0.25, -0.2) is 4.79 Å². The number of aromatic nitrogens is 2. The number of rotatable bonds is 7. The third kappa shape index (κ3) is 5.29. The van der Waals surface area contributed by atoms with Crippen LogP contribution in [0.4, 0.5) is 17.2 Å². The summed E-state index contributed by atoms with van der Waals surface area (Å²) >= 11 is 6.09. The molecule has 0 bridgehead atoms. The molecule has 1 aromatic heterocycles. The van der Waals surface area contributed by atoms with Gasteiger partial charge < -0.3 is 15.0 Å². The highest BCUT2D eigenvalue weighted by atomic mass is 35.5. The lowest BCUT2D eigenvalue weighted by molar-refractivity contribution is -0.384. The Morgan fingerprint density at radius 1 is 1.06 bits per heavy atom. The second-order valence-electron chi connectivity index (χ2n) is 7.58. The Hall–Kier alpha value is -4.05. The minimum Gasteiger partial charge on any atom is -0.442 e. The summed E-state index contributed by atoms with van der Waals surface area (Å²) < 4.78 is 5.51. The SMILES string of the molecule is O=C(OC(C(=O)Nc1ccc([N+](=O)[O-])cc1Cl)c1ccccc1)c1ccc(N2CCCC2)nn1. The number of anilines is 2. The van der Waals surface area contributed by atoms with E-state index in [2.05, 4.69) is 20.4 Å². The summed E-state index contributed by atoms with van der Waals surface area (Å²) in [6.45, 7) is 1.78. The number of benzene rings is 2. The minimum absolute atomic E-state index is 0.0240. The van der Waals surface area contributed by atoms with Gasteiger partial charge in [0.25, 0.3) is 11.6 Å². The molecule has 1 aliphatic rings. The van der Waals surface area contributed by atoms with Crippen LogP contribution in [0.3, 0.4) is 0 Å². The second-order valence-corrected chi connectivity index (χ2v) is 7.98. The lowest BCUT2D eigenvalue weighted by Gasteiger charge is -2.19. The summed E-state index contributed by atoms with van der Waals surface area (Å²) in [5.41, 5.74) is 0.312. The van der Waals surface area contributed by atoms with E-state index in [1.54, 1.807) is 36.4 Å². The van der Waals surface area contributed by atoms with Crippen molar-refractivity contribution in [3.05, 3.63) is 87.1 Å². The maximum absolute atomic E-state index is 13.1. The summed E-state index contributed by atoms with van der Waals surface area (Å²) in [5, 5.41) is 21.5. The van der Waals surface area contributed by atoms with Gasteiger partial charge in [0.05, 0.1) is 15.6 Å². The van der Waals surface area contributed by atoms with Crippen molar-refractivity contribution in [2.24, 2.45) is 0 Å². The monoisotopic (exact) mass is 481 g/mol. The number of amides is 1. The Morgan fingerprint density at radius 2 is 1.79 bits per heavy atom. The quantitative estimate of drug-likeness (QED) is 0.302. The number of ether oxygens (including phenoxy) is 1. The van der Waals surface area contributed by atoms with E-state index in [4.69, 9.17) is 16.3 Å². The first kappa shape index (κ1) is 23.1. The molecule has 1 saturated heterocycles. The number of nitro benzene ring substituents is 1. The molecule has 4 rings (SSSR count). The molecule has 1 N–H and O–H groups in total. The molecule has 2 heterocycles. The van der Waals surface area contributed by atoms with Crippen LogP contribution in [0.2, 0.25) is 5.02 Å². The number of halogens is 1. The topological polar surface area (TPSA) is 128 Å². The number of hydrogen-bond donors (Lipinski definition) is 1. The predicted octanol–water partition coefficient (Wildman–Crippen LogP) is 4.18. The fourth-order valence-corrected chi connectivity index (χ4v) is 3.76. The van der Waals surface area contributed by atoms with Crippen LogP contribution in [-0.2, 0) is 9.53 Å². The lowest BCUT2D eigenvalue weighted by atomic mass is 10.1. The standard InChI is InChI=1S/C23H20ClN5O5/c24-17-14-16(29(32)33)8-9-18(17)25-22(30)21(15-6-2-1-3-7-15)34-23(31)19-10-11-20(27-26-19)28-12-4-5-13-28/h1-3,6-11,14,21H,4-5,12-13H2,(H,25,30). The Morgan fingerprint density at radius 3 is 2.41 bits per heavy atom. The van der Waals surface area contributed by atoms with Crippen LogP contribution in [0.15, 0.2) is 60.7 Å². The van der Waals surface area contributed by atoms with Gasteiger partial charge in [-0.2, -0.15) is 0 Å². The van der Waals surface area contributed by atoms with Crippen molar-refractivity contribution in [1.82, 2.24) is 10.2 Å². The summed E-state index contributed by atoms with van der Waals surface area (Å²) in [4.78, 5) is 38.2. The number of esters is 1. The van der Waals surface area contributed by atoms with E-state index in [0.29, 0.717) is 11.4 Å². The van der Waals surface area contributed by atoms with E-state index in [0.717, 1.165) is 32.0 Å².